The van der Waals surface area contributed by atoms with Crippen molar-refractivity contribution in [3.05, 3.63) is 59.1 Å². The van der Waals surface area contributed by atoms with Crippen LogP contribution in [0.1, 0.15) is 29.5 Å². The second-order valence-corrected chi connectivity index (χ2v) is 11.5. The third-order valence-electron chi connectivity index (χ3n) is 6.51. The summed E-state index contributed by atoms with van der Waals surface area (Å²) in [6.45, 7) is 2.28. The van der Waals surface area contributed by atoms with Gasteiger partial charge in [0.25, 0.3) is 0 Å². The SMILES string of the molecule is N#Cc1ccccc1S(=O)(=O)N1CCN(C(=O)CN2CCC[C@H]2c2nc3ccccc3s2)CC1. The number of nitrogens with zero attached hydrogens (tertiary/aromatic N) is 5. The largest absolute Gasteiger partial charge is 0.339 e. The molecule has 3 heterocycles. The molecule has 2 fully saturated rings. The van der Waals surface area contributed by atoms with Crippen molar-refractivity contribution in [1.29, 1.82) is 5.26 Å². The van der Waals surface area contributed by atoms with Crippen molar-refractivity contribution >= 4 is 37.5 Å². The number of piperazine rings is 1. The first-order chi connectivity index (χ1) is 16.5. The summed E-state index contributed by atoms with van der Waals surface area (Å²) in [6, 6.07) is 16.4. The summed E-state index contributed by atoms with van der Waals surface area (Å²) in [6.07, 6.45) is 2.01. The fourth-order valence-corrected chi connectivity index (χ4v) is 7.40. The van der Waals surface area contributed by atoms with Crippen molar-refractivity contribution in [2.24, 2.45) is 0 Å². The number of likely N-dealkylation sites (tertiary alicyclic amines) is 1. The molecule has 34 heavy (non-hydrogen) atoms. The number of rotatable bonds is 5. The van der Waals surface area contributed by atoms with Gasteiger partial charge in [-0.2, -0.15) is 9.57 Å². The third-order valence-corrected chi connectivity index (χ3v) is 9.61. The summed E-state index contributed by atoms with van der Waals surface area (Å²) in [5.41, 5.74) is 1.13. The van der Waals surface area contributed by atoms with Crippen LogP contribution in [0.2, 0.25) is 0 Å². The lowest BCUT2D eigenvalue weighted by molar-refractivity contribution is -0.133. The molecule has 8 nitrogen and oxygen atoms in total. The van der Waals surface area contributed by atoms with Crippen molar-refractivity contribution in [1.82, 2.24) is 19.1 Å². The van der Waals surface area contributed by atoms with Gasteiger partial charge in [-0.3, -0.25) is 9.69 Å². The summed E-state index contributed by atoms with van der Waals surface area (Å²) in [5, 5.41) is 10.3. The maximum Gasteiger partial charge on any atom is 0.244 e. The van der Waals surface area contributed by atoms with E-state index < -0.39 is 10.0 Å². The van der Waals surface area contributed by atoms with Crippen molar-refractivity contribution in [3.8, 4) is 6.07 Å². The van der Waals surface area contributed by atoms with Gasteiger partial charge in [-0.1, -0.05) is 24.3 Å². The highest BCUT2D eigenvalue weighted by atomic mass is 32.2. The summed E-state index contributed by atoms with van der Waals surface area (Å²) < 4.78 is 28.6. The van der Waals surface area contributed by atoms with Crippen LogP contribution in [0.3, 0.4) is 0 Å². The molecule has 0 bridgehead atoms. The molecule has 3 aromatic rings. The molecule has 0 unspecified atom stereocenters. The number of para-hydroxylation sites is 1. The molecule has 0 N–H and O–H groups in total. The van der Waals surface area contributed by atoms with E-state index in [1.165, 1.54) is 16.4 Å². The molecule has 0 spiro atoms. The van der Waals surface area contributed by atoms with E-state index in [9.17, 15) is 18.5 Å². The second kappa shape index (κ2) is 9.43. The van der Waals surface area contributed by atoms with Crippen LogP contribution < -0.4 is 0 Å². The van der Waals surface area contributed by atoms with Gasteiger partial charge >= 0.3 is 0 Å². The number of fused-ring (bicyclic) bond motifs is 1. The Labute approximate surface area is 203 Å². The van der Waals surface area contributed by atoms with Crippen LogP contribution in [0, 0.1) is 11.3 Å². The van der Waals surface area contributed by atoms with Gasteiger partial charge in [0.1, 0.15) is 11.1 Å². The number of carbonyl (C=O) groups excluding carboxylic acids is 1. The van der Waals surface area contributed by atoms with Gasteiger partial charge in [-0.25, -0.2) is 13.4 Å². The first-order valence-electron chi connectivity index (χ1n) is 11.3. The monoisotopic (exact) mass is 495 g/mol. The van der Waals surface area contributed by atoms with E-state index in [0.29, 0.717) is 19.6 Å². The maximum atomic E-state index is 13.1. The zero-order valence-corrected chi connectivity index (χ0v) is 20.3. The Morgan fingerprint density at radius 2 is 1.79 bits per heavy atom. The molecule has 1 aromatic heterocycles. The molecule has 1 amide bonds. The number of amides is 1. The van der Waals surface area contributed by atoms with Gasteiger partial charge in [0.2, 0.25) is 15.9 Å². The van der Waals surface area contributed by atoms with E-state index in [0.717, 1.165) is 34.6 Å². The van der Waals surface area contributed by atoms with Crippen molar-refractivity contribution in [3.63, 3.8) is 0 Å². The third kappa shape index (κ3) is 4.32. The lowest BCUT2D eigenvalue weighted by Gasteiger charge is -2.35. The van der Waals surface area contributed by atoms with E-state index in [1.54, 1.807) is 28.4 Å². The van der Waals surface area contributed by atoms with Crippen molar-refractivity contribution < 1.29 is 13.2 Å². The summed E-state index contributed by atoms with van der Waals surface area (Å²) in [4.78, 5) is 21.9. The Morgan fingerprint density at radius 3 is 2.56 bits per heavy atom. The summed E-state index contributed by atoms with van der Waals surface area (Å²) in [7, 11) is -3.78. The highest BCUT2D eigenvalue weighted by Crippen LogP contribution is 2.36. The summed E-state index contributed by atoms with van der Waals surface area (Å²) >= 11 is 1.69. The van der Waals surface area contributed by atoms with Crippen LogP contribution in [-0.4, -0.2) is 72.7 Å². The number of aromatic nitrogens is 1. The van der Waals surface area contributed by atoms with Gasteiger partial charge in [-0.05, 0) is 43.7 Å². The van der Waals surface area contributed by atoms with E-state index in [4.69, 9.17) is 4.98 Å². The number of hydrogen-bond acceptors (Lipinski definition) is 7. The minimum absolute atomic E-state index is 0.0162. The second-order valence-electron chi connectivity index (χ2n) is 8.54. The molecule has 10 heteroatoms. The zero-order valence-electron chi connectivity index (χ0n) is 18.6. The lowest BCUT2D eigenvalue weighted by Crippen LogP contribution is -2.52. The molecular formula is C24H25N5O3S2. The minimum atomic E-state index is -3.78. The Balaban J connectivity index is 1.22. The van der Waals surface area contributed by atoms with E-state index >= 15 is 0 Å². The Kier molecular flexibility index (Phi) is 6.36. The standard InChI is InChI=1S/C24H25N5O3S2/c25-16-18-6-1-4-10-22(18)34(31,32)29-14-12-27(13-15-29)23(30)17-28-11-5-8-20(28)24-26-19-7-2-3-9-21(19)33-24/h1-4,6-7,9-10,20H,5,8,11-15,17H2/t20-/m0/s1. The maximum absolute atomic E-state index is 13.1. The number of nitriles is 1. The Hall–Kier alpha value is -2.84. The normalized spacial score (nSPS) is 20.0. The van der Waals surface area contributed by atoms with E-state index in [2.05, 4.69) is 11.0 Å². The predicted octanol–water partition coefficient (Wildman–Crippen LogP) is 2.84. The van der Waals surface area contributed by atoms with Gasteiger partial charge in [0.05, 0.1) is 33.3 Å². The predicted molar refractivity (Wildman–Crippen MR) is 130 cm³/mol. The minimum Gasteiger partial charge on any atom is -0.339 e. The van der Waals surface area contributed by atoms with Crippen LogP contribution in [0.25, 0.3) is 10.2 Å². The van der Waals surface area contributed by atoms with Crippen LogP contribution in [0.4, 0.5) is 0 Å². The van der Waals surface area contributed by atoms with Crippen molar-refractivity contribution in [2.45, 2.75) is 23.8 Å². The molecule has 2 saturated heterocycles. The summed E-state index contributed by atoms with van der Waals surface area (Å²) in [5.74, 6) is 0.0162. The number of benzene rings is 2. The van der Waals surface area contributed by atoms with E-state index in [1.807, 2.05) is 24.3 Å². The van der Waals surface area contributed by atoms with Gasteiger partial charge in [0.15, 0.2) is 0 Å². The fourth-order valence-electron chi connectivity index (χ4n) is 4.70. The molecule has 176 valence electrons. The molecule has 2 aromatic carbocycles. The van der Waals surface area contributed by atoms with Crippen LogP contribution in [0.5, 0.6) is 0 Å². The quantitative estimate of drug-likeness (QED) is 0.540. The lowest BCUT2D eigenvalue weighted by atomic mass is 10.2. The fraction of sp³-hybridized carbons (Fsp3) is 0.375. The molecule has 1 atom stereocenters. The molecule has 0 radical (unpaired) electrons. The Bertz CT molecular complexity index is 1320. The highest BCUT2D eigenvalue weighted by Gasteiger charge is 2.34. The first kappa shape index (κ1) is 22.9. The van der Waals surface area contributed by atoms with Crippen molar-refractivity contribution in [2.75, 3.05) is 39.3 Å². The molecule has 2 aliphatic heterocycles. The number of carbonyl (C=O) groups is 1. The smallest absolute Gasteiger partial charge is 0.244 e. The molecule has 0 aliphatic carbocycles. The van der Waals surface area contributed by atoms with Crippen LogP contribution >= 0.6 is 11.3 Å². The van der Waals surface area contributed by atoms with Crippen LogP contribution in [0.15, 0.2) is 53.4 Å². The van der Waals surface area contributed by atoms with Gasteiger partial charge in [0, 0.05) is 26.2 Å². The number of thiazole rings is 1. The van der Waals surface area contributed by atoms with E-state index in [-0.39, 0.29) is 35.5 Å². The van der Waals surface area contributed by atoms with Gasteiger partial charge in [-0.15, -0.1) is 11.3 Å². The molecule has 0 saturated carbocycles. The zero-order chi connectivity index (χ0) is 23.7. The average Bonchev–Trinajstić information content (AvgIpc) is 3.50. The molecule has 2 aliphatic rings. The highest BCUT2D eigenvalue weighted by molar-refractivity contribution is 7.89. The molecular weight excluding hydrogens is 470 g/mol. The average molecular weight is 496 g/mol. The van der Waals surface area contributed by atoms with Gasteiger partial charge < -0.3 is 4.90 Å². The first-order valence-corrected chi connectivity index (χ1v) is 13.6. The Morgan fingerprint density at radius 1 is 1.06 bits per heavy atom. The van der Waals surface area contributed by atoms with Crippen LogP contribution in [-0.2, 0) is 14.8 Å². The topological polar surface area (TPSA) is 97.6 Å². The number of sulfonamides is 1. The molecule has 5 rings (SSSR count). The number of hydrogen-bond donors (Lipinski definition) is 0.